The van der Waals surface area contributed by atoms with Gasteiger partial charge in [-0.05, 0) is 19.8 Å². The first-order chi connectivity index (χ1) is 8.82. The highest BCUT2D eigenvalue weighted by atomic mass is 16.4. The van der Waals surface area contributed by atoms with E-state index < -0.39 is 18.1 Å². The normalized spacial score (nSPS) is 26.2. The average Bonchev–Trinajstić information content (AvgIpc) is 2.69. The van der Waals surface area contributed by atoms with E-state index in [0.717, 1.165) is 12.8 Å². The Bertz CT molecular complexity index is 333. The van der Waals surface area contributed by atoms with Gasteiger partial charge in [-0.25, -0.2) is 4.79 Å². The third kappa shape index (κ3) is 4.47. The first-order valence-corrected chi connectivity index (χ1v) is 6.79. The molecule has 3 unspecified atom stereocenters. The van der Waals surface area contributed by atoms with Crippen LogP contribution in [0, 0.1) is 5.92 Å². The fourth-order valence-electron chi connectivity index (χ4n) is 2.44. The number of carbonyl (C=O) groups is 2. The molecule has 6 nitrogen and oxygen atoms in total. The molecule has 4 atom stereocenters. The van der Waals surface area contributed by atoms with Gasteiger partial charge >= 0.3 is 5.97 Å². The lowest BCUT2D eigenvalue weighted by atomic mass is 10.0. The minimum atomic E-state index is -1.05. The van der Waals surface area contributed by atoms with E-state index in [9.17, 15) is 14.7 Å². The van der Waals surface area contributed by atoms with Crippen LogP contribution in [0.1, 0.15) is 39.5 Å². The molecular formula is C13H24N2O4. The number of aliphatic carboxylic acids is 1. The van der Waals surface area contributed by atoms with Gasteiger partial charge in [0.05, 0.1) is 6.10 Å². The molecule has 4 N–H and O–H groups in total. The lowest BCUT2D eigenvalue weighted by molar-refractivity contribution is -0.149. The predicted molar refractivity (Wildman–Crippen MR) is 70.4 cm³/mol. The van der Waals surface area contributed by atoms with Crippen molar-refractivity contribution in [2.45, 2.75) is 57.7 Å². The van der Waals surface area contributed by atoms with Crippen molar-refractivity contribution < 1.29 is 19.8 Å². The smallest absolute Gasteiger partial charge is 0.326 e. The Labute approximate surface area is 113 Å². The van der Waals surface area contributed by atoms with Crippen molar-refractivity contribution in [3.05, 3.63) is 0 Å². The first kappa shape index (κ1) is 15.9. The fourth-order valence-corrected chi connectivity index (χ4v) is 2.44. The molecule has 1 saturated heterocycles. The van der Waals surface area contributed by atoms with Gasteiger partial charge in [-0.3, -0.25) is 4.79 Å². The summed E-state index contributed by atoms with van der Waals surface area (Å²) in [6.45, 7) is 3.84. The number of rotatable bonds is 6. The number of β-amino-alcohol motifs (C(OH)–C–C–N with tert-alkyl or cyclic N) is 1. The van der Waals surface area contributed by atoms with Crippen molar-refractivity contribution in [2.75, 3.05) is 6.54 Å². The summed E-state index contributed by atoms with van der Waals surface area (Å²) in [4.78, 5) is 24.6. The van der Waals surface area contributed by atoms with Crippen LogP contribution < -0.4 is 5.73 Å². The molecule has 0 radical (unpaired) electrons. The van der Waals surface area contributed by atoms with Crippen LogP contribution in [0.4, 0.5) is 0 Å². The topological polar surface area (TPSA) is 104 Å². The molecule has 1 amide bonds. The van der Waals surface area contributed by atoms with Gasteiger partial charge in [0.2, 0.25) is 5.91 Å². The van der Waals surface area contributed by atoms with Crippen molar-refractivity contribution >= 4 is 11.9 Å². The predicted octanol–water partition coefficient (Wildman–Crippen LogP) is 0.186. The zero-order valence-electron chi connectivity index (χ0n) is 11.6. The maximum absolute atomic E-state index is 12.2. The monoisotopic (exact) mass is 272 g/mol. The zero-order valence-corrected chi connectivity index (χ0v) is 11.6. The molecule has 0 aliphatic carbocycles. The van der Waals surface area contributed by atoms with E-state index in [1.165, 1.54) is 4.90 Å². The highest BCUT2D eigenvalue weighted by Crippen LogP contribution is 2.22. The number of amides is 1. The van der Waals surface area contributed by atoms with Gasteiger partial charge < -0.3 is 20.8 Å². The summed E-state index contributed by atoms with van der Waals surface area (Å²) in [5.74, 6) is -1.47. The van der Waals surface area contributed by atoms with Crippen molar-refractivity contribution in [3.63, 3.8) is 0 Å². The van der Waals surface area contributed by atoms with E-state index in [2.05, 4.69) is 0 Å². The van der Waals surface area contributed by atoms with Crippen LogP contribution in [-0.4, -0.2) is 51.7 Å². The summed E-state index contributed by atoms with van der Waals surface area (Å²) in [5, 5.41) is 18.6. The molecule has 6 heteroatoms. The number of hydrogen-bond acceptors (Lipinski definition) is 4. The van der Waals surface area contributed by atoms with Gasteiger partial charge in [-0.15, -0.1) is 0 Å². The molecule has 1 aliphatic heterocycles. The van der Waals surface area contributed by atoms with Crippen LogP contribution in [0.2, 0.25) is 0 Å². The molecule has 1 aliphatic rings. The maximum atomic E-state index is 12.2. The maximum Gasteiger partial charge on any atom is 0.326 e. The molecule has 19 heavy (non-hydrogen) atoms. The number of aliphatic hydroxyl groups excluding tert-OH is 1. The minimum absolute atomic E-state index is 0.114. The summed E-state index contributed by atoms with van der Waals surface area (Å²) in [7, 11) is 0. The van der Waals surface area contributed by atoms with Gasteiger partial charge in [-0.1, -0.05) is 13.3 Å². The fraction of sp³-hybridized carbons (Fsp3) is 0.846. The van der Waals surface area contributed by atoms with E-state index in [4.69, 9.17) is 10.8 Å². The highest BCUT2D eigenvalue weighted by molar-refractivity contribution is 5.85. The van der Waals surface area contributed by atoms with Gasteiger partial charge in [-0.2, -0.15) is 0 Å². The Morgan fingerprint density at radius 3 is 2.53 bits per heavy atom. The lowest BCUT2D eigenvalue weighted by Crippen LogP contribution is -2.43. The molecule has 0 aromatic heterocycles. The van der Waals surface area contributed by atoms with Gasteiger partial charge in [0, 0.05) is 24.9 Å². The molecule has 0 bridgehead atoms. The molecule has 0 aromatic rings. The van der Waals surface area contributed by atoms with E-state index in [1.807, 2.05) is 6.92 Å². The Balaban J connectivity index is 2.53. The molecule has 1 heterocycles. The van der Waals surface area contributed by atoms with E-state index in [0.29, 0.717) is 6.42 Å². The number of carboxylic acids is 1. The summed E-state index contributed by atoms with van der Waals surface area (Å²) >= 11 is 0. The number of likely N-dealkylation sites (tertiary alicyclic amines) is 1. The molecule has 0 aromatic carbocycles. The molecule has 1 rings (SSSR count). The van der Waals surface area contributed by atoms with Crippen LogP contribution in [-0.2, 0) is 9.59 Å². The van der Waals surface area contributed by atoms with E-state index in [-0.39, 0.29) is 30.8 Å². The molecule has 1 fully saturated rings. The van der Waals surface area contributed by atoms with Crippen LogP contribution in [0.25, 0.3) is 0 Å². The Hall–Kier alpha value is -1.14. The number of carboxylic acid groups (broad SMARTS) is 1. The van der Waals surface area contributed by atoms with Crippen molar-refractivity contribution in [1.82, 2.24) is 4.90 Å². The Morgan fingerprint density at radius 2 is 2.00 bits per heavy atom. The second kappa shape index (κ2) is 6.86. The van der Waals surface area contributed by atoms with E-state index >= 15 is 0 Å². The van der Waals surface area contributed by atoms with Gasteiger partial charge in [0.15, 0.2) is 0 Å². The van der Waals surface area contributed by atoms with Crippen molar-refractivity contribution in [2.24, 2.45) is 11.7 Å². The number of aliphatic hydroxyl groups is 1. The van der Waals surface area contributed by atoms with Crippen LogP contribution in [0.3, 0.4) is 0 Å². The Kier molecular flexibility index (Phi) is 5.75. The standard InChI is InChI=1S/C13H24N2O4/c1-8(4-3-5-9(2)14)12(17)15-7-10(16)6-11(15)13(18)19/h8-11,16H,3-7,14H2,1-2H3,(H,18,19)/t8?,9?,10?,11-/m0/s1. The van der Waals surface area contributed by atoms with Crippen molar-refractivity contribution in [3.8, 4) is 0 Å². The number of nitrogens with two attached hydrogens (primary N) is 1. The SMILES string of the molecule is CC(N)CCCC(C)C(=O)N1CC(O)C[C@H]1C(=O)O. The molecule has 0 saturated carbocycles. The van der Waals surface area contributed by atoms with Gasteiger partial charge in [0.25, 0.3) is 0 Å². The second-order valence-electron chi connectivity index (χ2n) is 5.54. The highest BCUT2D eigenvalue weighted by Gasteiger charge is 2.39. The van der Waals surface area contributed by atoms with Crippen LogP contribution in [0.5, 0.6) is 0 Å². The quantitative estimate of drug-likeness (QED) is 0.640. The molecule has 110 valence electrons. The van der Waals surface area contributed by atoms with Crippen molar-refractivity contribution in [1.29, 1.82) is 0 Å². The number of hydrogen-bond donors (Lipinski definition) is 3. The summed E-state index contributed by atoms with van der Waals surface area (Å²) < 4.78 is 0. The molecule has 0 spiro atoms. The van der Waals surface area contributed by atoms with Gasteiger partial charge in [0.1, 0.15) is 6.04 Å². The van der Waals surface area contributed by atoms with E-state index in [1.54, 1.807) is 6.92 Å². The third-order valence-electron chi connectivity index (χ3n) is 3.57. The van der Waals surface area contributed by atoms with Crippen LogP contribution in [0.15, 0.2) is 0 Å². The zero-order chi connectivity index (χ0) is 14.6. The van der Waals surface area contributed by atoms with Crippen LogP contribution >= 0.6 is 0 Å². The average molecular weight is 272 g/mol. The minimum Gasteiger partial charge on any atom is -0.480 e. The second-order valence-corrected chi connectivity index (χ2v) is 5.54. The number of nitrogens with zero attached hydrogens (tertiary/aromatic N) is 1. The summed E-state index contributed by atoms with van der Waals surface area (Å²) in [6.07, 6.45) is 1.77. The molecular weight excluding hydrogens is 248 g/mol. The number of carbonyl (C=O) groups excluding carboxylic acids is 1. The third-order valence-corrected chi connectivity index (χ3v) is 3.57. The Morgan fingerprint density at radius 1 is 1.37 bits per heavy atom. The first-order valence-electron chi connectivity index (χ1n) is 6.79. The largest absolute Gasteiger partial charge is 0.480 e. The summed E-state index contributed by atoms with van der Waals surface area (Å²) in [6, 6.07) is -0.777. The lowest BCUT2D eigenvalue weighted by Gasteiger charge is -2.24. The summed E-state index contributed by atoms with van der Waals surface area (Å²) in [5.41, 5.74) is 5.65.